The second-order valence-electron chi connectivity index (χ2n) is 6.83. The number of rotatable bonds is 5. The van der Waals surface area contributed by atoms with E-state index >= 15 is 0 Å². The summed E-state index contributed by atoms with van der Waals surface area (Å²) < 4.78 is 63.7. The largest absolute Gasteiger partial charge is 0.489 e. The first-order valence-corrected chi connectivity index (χ1v) is 10.1. The SMILES string of the molecule is Fc1cc(-c2ccc(-c3ccc(OCc4ccccc4)cc3F)c(F)c2F)ccc1Br. The van der Waals surface area contributed by atoms with Gasteiger partial charge in [0.05, 0.1) is 4.47 Å². The Hall–Kier alpha value is -3.12. The maximum Gasteiger partial charge on any atom is 0.167 e. The summed E-state index contributed by atoms with van der Waals surface area (Å²) in [7, 11) is 0. The van der Waals surface area contributed by atoms with E-state index in [0.717, 1.165) is 17.7 Å². The predicted molar refractivity (Wildman–Crippen MR) is 116 cm³/mol. The van der Waals surface area contributed by atoms with Gasteiger partial charge in [0.25, 0.3) is 0 Å². The van der Waals surface area contributed by atoms with Crippen molar-refractivity contribution in [1.82, 2.24) is 0 Å². The van der Waals surface area contributed by atoms with Crippen molar-refractivity contribution in [3.63, 3.8) is 0 Å². The molecule has 4 aromatic rings. The molecule has 4 aromatic carbocycles. The summed E-state index contributed by atoms with van der Waals surface area (Å²) >= 11 is 3.02. The molecule has 0 heterocycles. The lowest BCUT2D eigenvalue weighted by molar-refractivity contribution is 0.304. The van der Waals surface area contributed by atoms with Crippen molar-refractivity contribution in [3.05, 3.63) is 112 Å². The van der Waals surface area contributed by atoms with Gasteiger partial charge >= 0.3 is 0 Å². The molecule has 6 heteroatoms. The van der Waals surface area contributed by atoms with Crippen LogP contribution in [0.1, 0.15) is 5.56 Å². The summed E-state index contributed by atoms with van der Waals surface area (Å²) in [6, 6.07) is 19.9. The molecule has 0 unspecified atom stereocenters. The zero-order chi connectivity index (χ0) is 22.0. The van der Waals surface area contributed by atoms with E-state index in [-0.39, 0.29) is 39.1 Å². The molecule has 0 aromatic heterocycles. The lowest BCUT2D eigenvalue weighted by Crippen LogP contribution is -1.98. The minimum Gasteiger partial charge on any atom is -0.489 e. The van der Waals surface area contributed by atoms with Crippen molar-refractivity contribution in [3.8, 4) is 28.0 Å². The normalized spacial score (nSPS) is 10.9. The summed E-state index contributed by atoms with van der Waals surface area (Å²) in [6.07, 6.45) is 0. The molecule has 0 N–H and O–H groups in total. The van der Waals surface area contributed by atoms with Gasteiger partial charge in [-0.3, -0.25) is 0 Å². The van der Waals surface area contributed by atoms with Gasteiger partial charge in [0.15, 0.2) is 11.6 Å². The third kappa shape index (κ3) is 4.49. The number of hydrogen-bond donors (Lipinski definition) is 0. The zero-order valence-corrected chi connectivity index (χ0v) is 17.6. The summed E-state index contributed by atoms with van der Waals surface area (Å²) in [5.41, 5.74) is 0.646. The number of benzene rings is 4. The van der Waals surface area contributed by atoms with Crippen LogP contribution in [0.4, 0.5) is 17.6 Å². The lowest BCUT2D eigenvalue weighted by Gasteiger charge is -2.12. The van der Waals surface area contributed by atoms with Crippen LogP contribution in [0, 0.1) is 23.3 Å². The van der Waals surface area contributed by atoms with Crippen LogP contribution in [0.25, 0.3) is 22.3 Å². The van der Waals surface area contributed by atoms with E-state index in [1.54, 1.807) is 0 Å². The lowest BCUT2D eigenvalue weighted by atomic mass is 9.98. The van der Waals surface area contributed by atoms with E-state index in [1.165, 1.54) is 36.4 Å². The van der Waals surface area contributed by atoms with Crippen molar-refractivity contribution in [2.24, 2.45) is 0 Å². The Morgan fingerprint density at radius 1 is 0.645 bits per heavy atom. The van der Waals surface area contributed by atoms with Crippen molar-refractivity contribution in [2.45, 2.75) is 6.61 Å². The highest BCUT2D eigenvalue weighted by molar-refractivity contribution is 9.10. The van der Waals surface area contributed by atoms with E-state index in [2.05, 4.69) is 15.9 Å². The maximum absolute atomic E-state index is 14.8. The molecule has 0 aliphatic heterocycles. The van der Waals surface area contributed by atoms with Crippen molar-refractivity contribution in [1.29, 1.82) is 0 Å². The van der Waals surface area contributed by atoms with Crippen LogP contribution in [0.3, 0.4) is 0 Å². The van der Waals surface area contributed by atoms with E-state index < -0.39 is 23.3 Å². The number of hydrogen-bond acceptors (Lipinski definition) is 1. The van der Waals surface area contributed by atoms with Crippen LogP contribution >= 0.6 is 15.9 Å². The first-order chi connectivity index (χ1) is 14.9. The minimum atomic E-state index is -1.21. The smallest absolute Gasteiger partial charge is 0.167 e. The van der Waals surface area contributed by atoms with Gasteiger partial charge in [0.2, 0.25) is 0 Å². The van der Waals surface area contributed by atoms with Gasteiger partial charge in [0, 0.05) is 22.8 Å². The molecule has 31 heavy (non-hydrogen) atoms. The van der Waals surface area contributed by atoms with Crippen molar-refractivity contribution < 1.29 is 22.3 Å². The second kappa shape index (κ2) is 8.94. The van der Waals surface area contributed by atoms with Gasteiger partial charge in [0.1, 0.15) is 24.0 Å². The Kier molecular flexibility index (Phi) is 6.09. The molecule has 0 spiro atoms. The Labute approximate surface area is 185 Å². The highest BCUT2D eigenvalue weighted by Gasteiger charge is 2.19. The average molecular weight is 487 g/mol. The molecule has 0 radical (unpaired) electrons. The third-order valence-electron chi connectivity index (χ3n) is 4.79. The van der Waals surface area contributed by atoms with E-state index in [1.807, 2.05) is 30.3 Å². The van der Waals surface area contributed by atoms with Gasteiger partial charge in [-0.2, -0.15) is 0 Å². The zero-order valence-electron chi connectivity index (χ0n) is 16.0. The molecule has 0 bridgehead atoms. The molecule has 1 nitrogen and oxygen atoms in total. The summed E-state index contributed by atoms with van der Waals surface area (Å²) in [4.78, 5) is 0. The van der Waals surface area contributed by atoms with Crippen LogP contribution in [0.15, 0.2) is 83.3 Å². The average Bonchev–Trinajstić information content (AvgIpc) is 2.77. The van der Waals surface area contributed by atoms with Gasteiger partial charge < -0.3 is 4.74 Å². The fraction of sp³-hybridized carbons (Fsp3) is 0.0400. The monoisotopic (exact) mass is 486 g/mol. The molecule has 4 rings (SSSR count). The highest BCUT2D eigenvalue weighted by Crippen LogP contribution is 2.34. The molecule has 0 aliphatic rings. The van der Waals surface area contributed by atoms with Gasteiger partial charge in [-0.05, 0) is 51.3 Å². The fourth-order valence-corrected chi connectivity index (χ4v) is 3.44. The van der Waals surface area contributed by atoms with E-state index in [4.69, 9.17) is 4.74 Å². The number of ether oxygens (including phenoxy) is 1. The molecule has 0 saturated heterocycles. The van der Waals surface area contributed by atoms with Crippen LogP contribution in [0.5, 0.6) is 5.75 Å². The first-order valence-electron chi connectivity index (χ1n) is 9.34. The standard InChI is InChI=1S/C25H15BrF4O/c26-21-11-6-16(12-23(21)28)18-9-10-20(25(30)24(18)29)19-8-7-17(13-22(19)27)31-14-15-4-2-1-3-5-15/h1-13H,14H2. The van der Waals surface area contributed by atoms with Gasteiger partial charge in [-0.1, -0.05) is 48.5 Å². The molecule has 0 amide bonds. The second-order valence-corrected chi connectivity index (χ2v) is 7.69. The molecule has 0 atom stereocenters. The fourth-order valence-electron chi connectivity index (χ4n) is 3.19. The molecular formula is C25H15BrF4O. The highest BCUT2D eigenvalue weighted by atomic mass is 79.9. The molecule has 0 aliphatic carbocycles. The quantitative estimate of drug-likeness (QED) is 0.260. The number of halogens is 5. The van der Waals surface area contributed by atoms with Crippen LogP contribution in [-0.2, 0) is 6.61 Å². The van der Waals surface area contributed by atoms with E-state index in [0.29, 0.717) is 0 Å². The molecule has 0 saturated carbocycles. The predicted octanol–water partition coefficient (Wildman–Crippen LogP) is 7.92. The molecule has 0 fully saturated rings. The van der Waals surface area contributed by atoms with Crippen molar-refractivity contribution >= 4 is 15.9 Å². The Balaban J connectivity index is 1.62. The van der Waals surface area contributed by atoms with Crippen molar-refractivity contribution in [2.75, 3.05) is 0 Å². The molecular weight excluding hydrogens is 472 g/mol. The van der Waals surface area contributed by atoms with Crippen LogP contribution in [0.2, 0.25) is 0 Å². The Morgan fingerprint density at radius 3 is 2.03 bits per heavy atom. The minimum absolute atomic E-state index is 0.100. The topological polar surface area (TPSA) is 9.23 Å². The summed E-state index contributed by atoms with van der Waals surface area (Å²) in [5.74, 6) is -3.46. The van der Waals surface area contributed by atoms with Crippen LogP contribution in [-0.4, -0.2) is 0 Å². The van der Waals surface area contributed by atoms with E-state index in [9.17, 15) is 17.6 Å². The van der Waals surface area contributed by atoms with Gasteiger partial charge in [-0.15, -0.1) is 0 Å². The maximum atomic E-state index is 14.8. The Bertz CT molecular complexity index is 1240. The Morgan fingerprint density at radius 2 is 1.32 bits per heavy atom. The summed E-state index contributed by atoms with van der Waals surface area (Å²) in [5, 5.41) is 0. The molecule has 156 valence electrons. The van der Waals surface area contributed by atoms with Crippen LogP contribution < -0.4 is 4.74 Å². The third-order valence-corrected chi connectivity index (χ3v) is 5.44. The van der Waals surface area contributed by atoms with Gasteiger partial charge in [-0.25, -0.2) is 17.6 Å². The first kappa shape index (κ1) is 21.1. The summed E-state index contributed by atoms with van der Waals surface area (Å²) in [6.45, 7) is 0.251.